The Morgan fingerprint density at radius 1 is 0.667 bits per heavy atom. The van der Waals surface area contributed by atoms with Gasteiger partial charge in [-0.2, -0.15) is 0 Å². The Balaban J connectivity index is 2.16. The van der Waals surface area contributed by atoms with Crippen molar-refractivity contribution in [3.05, 3.63) is 48.6 Å². The first kappa shape index (κ1) is 9.16. The second kappa shape index (κ2) is 2.95. The van der Waals surface area contributed by atoms with Crippen LogP contribution < -0.4 is 0 Å². The van der Waals surface area contributed by atoms with Gasteiger partial charge in [0.25, 0.3) is 0 Å². The summed E-state index contributed by atoms with van der Waals surface area (Å²) in [6.07, 6.45) is 15.3. The Morgan fingerprint density at radius 3 is 1.53 bits per heavy atom. The number of allylic oxidation sites excluding steroid dienone is 6. The van der Waals surface area contributed by atoms with E-state index >= 15 is 0 Å². The number of fused-ring (bicyclic) bond motifs is 3. The predicted molar refractivity (Wildman–Crippen MR) is 60.0 cm³/mol. The van der Waals surface area contributed by atoms with Crippen molar-refractivity contribution in [3.63, 3.8) is 0 Å². The normalized spacial score (nSPS) is 44.0. The van der Waals surface area contributed by atoms with E-state index in [1.54, 1.807) is 0 Å². The lowest BCUT2D eigenvalue weighted by Gasteiger charge is -2.19. The van der Waals surface area contributed by atoms with Crippen molar-refractivity contribution in [2.24, 2.45) is 11.8 Å². The summed E-state index contributed by atoms with van der Waals surface area (Å²) in [4.78, 5) is 0. The minimum Gasteiger partial charge on any atom is -0.228 e. The van der Waals surface area contributed by atoms with Gasteiger partial charge in [-0.3, -0.25) is 0 Å². The van der Waals surface area contributed by atoms with Crippen LogP contribution in [0.1, 0.15) is 0 Å². The van der Waals surface area contributed by atoms with Crippen LogP contribution in [0, 0.1) is 11.8 Å². The van der Waals surface area contributed by atoms with Gasteiger partial charge in [0.15, 0.2) is 9.84 Å². The highest BCUT2D eigenvalue weighted by Crippen LogP contribution is 2.43. The molecule has 78 valence electrons. The van der Waals surface area contributed by atoms with Gasteiger partial charge in [0.2, 0.25) is 0 Å². The average molecular weight is 220 g/mol. The summed E-state index contributed by atoms with van der Waals surface area (Å²) in [6, 6.07) is 0. The Bertz CT molecular complexity index is 454. The summed E-state index contributed by atoms with van der Waals surface area (Å²) in [5.74, 6) is 0.261. The molecule has 0 N–H and O–H groups in total. The highest BCUT2D eigenvalue weighted by atomic mass is 32.2. The first-order valence-corrected chi connectivity index (χ1v) is 6.75. The number of sulfone groups is 1. The van der Waals surface area contributed by atoms with E-state index in [0.717, 1.165) is 0 Å². The molecular weight excluding hydrogens is 208 g/mol. The minimum absolute atomic E-state index is 0.131. The molecule has 2 aliphatic carbocycles. The molecule has 1 heterocycles. The molecule has 4 atom stereocenters. The Hall–Kier alpha value is -1.09. The lowest BCUT2D eigenvalue weighted by molar-refractivity contribution is 0.527. The zero-order valence-corrected chi connectivity index (χ0v) is 8.97. The van der Waals surface area contributed by atoms with Crippen LogP contribution in [0.25, 0.3) is 0 Å². The van der Waals surface area contributed by atoms with E-state index in [1.165, 1.54) is 0 Å². The van der Waals surface area contributed by atoms with Gasteiger partial charge in [-0.15, -0.1) is 0 Å². The highest BCUT2D eigenvalue weighted by Gasteiger charge is 2.51. The summed E-state index contributed by atoms with van der Waals surface area (Å²) in [6.45, 7) is 0. The van der Waals surface area contributed by atoms with Gasteiger partial charge >= 0.3 is 0 Å². The summed E-state index contributed by atoms with van der Waals surface area (Å²) in [5.41, 5.74) is 0. The topological polar surface area (TPSA) is 34.1 Å². The van der Waals surface area contributed by atoms with Crippen LogP contribution in [0.15, 0.2) is 48.6 Å². The van der Waals surface area contributed by atoms with Crippen LogP contribution in [0.5, 0.6) is 0 Å². The van der Waals surface area contributed by atoms with Crippen LogP contribution in [-0.2, 0) is 9.84 Å². The van der Waals surface area contributed by atoms with Crippen LogP contribution in [-0.4, -0.2) is 18.9 Å². The fourth-order valence-electron chi connectivity index (χ4n) is 2.74. The van der Waals surface area contributed by atoms with Crippen LogP contribution in [0.2, 0.25) is 0 Å². The Morgan fingerprint density at radius 2 is 1.07 bits per heavy atom. The summed E-state index contributed by atoms with van der Waals surface area (Å²) in [7, 11) is -3.02. The second-order valence-electron chi connectivity index (χ2n) is 4.21. The largest absolute Gasteiger partial charge is 0.228 e. The summed E-state index contributed by atoms with van der Waals surface area (Å²) >= 11 is 0. The summed E-state index contributed by atoms with van der Waals surface area (Å²) < 4.78 is 24.4. The van der Waals surface area contributed by atoms with Crippen molar-refractivity contribution in [2.75, 3.05) is 0 Å². The molecule has 2 nitrogen and oxygen atoms in total. The van der Waals surface area contributed by atoms with Gasteiger partial charge in [0.1, 0.15) is 0 Å². The molecular formula is C12H12O2S. The SMILES string of the molecule is O=S1(=O)C2C=CC=CC2C2C=CC=CC21. The van der Waals surface area contributed by atoms with Crippen molar-refractivity contribution in [1.29, 1.82) is 0 Å². The standard InChI is InChI=1S/C12H12O2S/c13-15(14)11-7-3-1-5-9(11)10-6-2-4-8-12(10)15/h1-12H. The molecule has 0 spiro atoms. The van der Waals surface area contributed by atoms with E-state index < -0.39 is 9.84 Å². The van der Waals surface area contributed by atoms with Gasteiger partial charge in [-0.05, 0) is 0 Å². The fourth-order valence-corrected chi connectivity index (χ4v) is 5.14. The first-order chi connectivity index (χ1) is 7.21. The van der Waals surface area contributed by atoms with Crippen LogP contribution >= 0.6 is 0 Å². The zero-order valence-electron chi connectivity index (χ0n) is 8.15. The van der Waals surface area contributed by atoms with Crippen LogP contribution in [0.4, 0.5) is 0 Å². The molecule has 0 aromatic rings. The van der Waals surface area contributed by atoms with Crippen molar-refractivity contribution < 1.29 is 8.42 Å². The van der Waals surface area contributed by atoms with E-state index in [0.29, 0.717) is 0 Å². The fraction of sp³-hybridized carbons (Fsp3) is 0.333. The monoisotopic (exact) mass is 220 g/mol. The van der Waals surface area contributed by atoms with E-state index in [9.17, 15) is 8.42 Å². The molecule has 0 aromatic heterocycles. The molecule has 3 heteroatoms. The smallest absolute Gasteiger partial charge is 0.164 e. The van der Waals surface area contributed by atoms with Gasteiger partial charge in [0, 0.05) is 11.8 Å². The molecule has 0 saturated carbocycles. The number of hydrogen-bond acceptors (Lipinski definition) is 2. The second-order valence-corrected chi connectivity index (χ2v) is 6.48. The molecule has 0 amide bonds. The lowest BCUT2D eigenvalue weighted by atomic mass is 9.83. The van der Waals surface area contributed by atoms with E-state index in [4.69, 9.17) is 0 Å². The highest BCUT2D eigenvalue weighted by molar-refractivity contribution is 7.93. The van der Waals surface area contributed by atoms with E-state index in [2.05, 4.69) is 0 Å². The third-order valence-corrected chi connectivity index (χ3v) is 5.91. The van der Waals surface area contributed by atoms with Gasteiger partial charge < -0.3 is 0 Å². The maximum atomic E-state index is 12.2. The van der Waals surface area contributed by atoms with Gasteiger partial charge in [-0.1, -0.05) is 48.6 Å². The van der Waals surface area contributed by atoms with Crippen molar-refractivity contribution >= 4 is 9.84 Å². The first-order valence-electron chi connectivity index (χ1n) is 5.14. The minimum atomic E-state index is -3.02. The molecule has 0 radical (unpaired) electrons. The average Bonchev–Trinajstić information content (AvgIpc) is 2.51. The molecule has 1 fully saturated rings. The molecule has 0 aromatic carbocycles. The summed E-state index contributed by atoms with van der Waals surface area (Å²) in [5, 5.41) is -0.630. The maximum absolute atomic E-state index is 12.2. The lowest BCUT2D eigenvalue weighted by Crippen LogP contribution is -2.23. The van der Waals surface area contributed by atoms with Crippen LogP contribution in [0.3, 0.4) is 0 Å². The number of hydrogen-bond donors (Lipinski definition) is 0. The molecule has 0 bridgehead atoms. The van der Waals surface area contributed by atoms with E-state index in [-0.39, 0.29) is 22.3 Å². The van der Waals surface area contributed by atoms with E-state index in [1.807, 2.05) is 48.6 Å². The van der Waals surface area contributed by atoms with Crippen molar-refractivity contribution in [3.8, 4) is 0 Å². The molecule has 3 rings (SSSR count). The van der Waals surface area contributed by atoms with Gasteiger partial charge in [-0.25, -0.2) is 8.42 Å². The Labute approximate surface area is 89.6 Å². The molecule has 4 unspecified atom stereocenters. The van der Waals surface area contributed by atoms with Crippen molar-refractivity contribution in [1.82, 2.24) is 0 Å². The Kier molecular flexibility index (Phi) is 1.80. The van der Waals surface area contributed by atoms with Crippen molar-refractivity contribution in [2.45, 2.75) is 10.5 Å². The third kappa shape index (κ3) is 1.13. The molecule has 15 heavy (non-hydrogen) atoms. The number of rotatable bonds is 0. The quantitative estimate of drug-likeness (QED) is 0.622. The zero-order chi connectivity index (χ0) is 10.5. The maximum Gasteiger partial charge on any atom is 0.164 e. The molecule has 3 aliphatic rings. The third-order valence-electron chi connectivity index (χ3n) is 3.45. The van der Waals surface area contributed by atoms with Gasteiger partial charge in [0.05, 0.1) is 10.5 Å². The molecule has 1 saturated heterocycles. The molecule has 1 aliphatic heterocycles. The predicted octanol–water partition coefficient (Wildman–Crippen LogP) is 1.64.